The SMILES string of the molecule is CC(=O)c1cc(CC(=O)N[C@H]2Cc3ccccc3[C@@H]2N)cs1.Cl. The molecule has 0 saturated heterocycles. The Hall–Kier alpha value is -1.69. The summed E-state index contributed by atoms with van der Waals surface area (Å²) in [5, 5.41) is 4.88. The van der Waals surface area contributed by atoms with E-state index in [4.69, 9.17) is 5.73 Å². The van der Waals surface area contributed by atoms with E-state index in [1.807, 2.05) is 23.6 Å². The van der Waals surface area contributed by atoms with Crippen molar-refractivity contribution < 1.29 is 9.59 Å². The van der Waals surface area contributed by atoms with Crippen LogP contribution in [0.1, 0.15) is 39.3 Å². The molecule has 1 heterocycles. The van der Waals surface area contributed by atoms with Gasteiger partial charge in [-0.05, 0) is 41.5 Å². The van der Waals surface area contributed by atoms with Crippen molar-refractivity contribution in [3.8, 4) is 0 Å². The van der Waals surface area contributed by atoms with Gasteiger partial charge in [0.15, 0.2) is 5.78 Å². The second kappa shape index (κ2) is 7.25. The highest BCUT2D eigenvalue weighted by atomic mass is 35.5. The van der Waals surface area contributed by atoms with Crippen molar-refractivity contribution in [2.75, 3.05) is 0 Å². The number of ketones is 1. The van der Waals surface area contributed by atoms with Gasteiger partial charge < -0.3 is 11.1 Å². The molecule has 0 fully saturated rings. The molecular weight excluding hydrogens is 332 g/mol. The third-order valence-electron chi connectivity index (χ3n) is 4.00. The highest BCUT2D eigenvalue weighted by molar-refractivity contribution is 7.12. The average molecular weight is 351 g/mol. The topological polar surface area (TPSA) is 72.2 Å². The number of carbonyl (C=O) groups is 2. The lowest BCUT2D eigenvalue weighted by molar-refractivity contribution is -0.121. The Labute approximate surface area is 145 Å². The smallest absolute Gasteiger partial charge is 0.224 e. The molecule has 122 valence electrons. The number of carbonyl (C=O) groups excluding carboxylic acids is 2. The number of fused-ring (bicyclic) bond motifs is 1. The minimum atomic E-state index is -0.157. The first-order valence-electron chi connectivity index (χ1n) is 7.25. The zero-order valence-electron chi connectivity index (χ0n) is 12.7. The Morgan fingerprint density at radius 1 is 1.35 bits per heavy atom. The number of nitrogens with two attached hydrogens (primary N) is 1. The molecule has 0 bridgehead atoms. The molecule has 1 aromatic carbocycles. The van der Waals surface area contributed by atoms with Crippen LogP contribution in [0.3, 0.4) is 0 Å². The van der Waals surface area contributed by atoms with Crippen LogP contribution in [0.15, 0.2) is 35.7 Å². The van der Waals surface area contributed by atoms with Gasteiger partial charge in [-0.1, -0.05) is 24.3 Å². The Bertz CT molecular complexity index is 729. The monoisotopic (exact) mass is 350 g/mol. The number of halogens is 1. The molecule has 23 heavy (non-hydrogen) atoms. The van der Waals surface area contributed by atoms with E-state index in [0.29, 0.717) is 4.88 Å². The lowest BCUT2D eigenvalue weighted by Gasteiger charge is -2.17. The Morgan fingerprint density at radius 3 is 2.74 bits per heavy atom. The first kappa shape index (κ1) is 17.7. The fraction of sp³-hybridized carbons (Fsp3) is 0.294. The van der Waals surface area contributed by atoms with Crippen molar-refractivity contribution in [2.24, 2.45) is 5.73 Å². The van der Waals surface area contributed by atoms with E-state index in [0.717, 1.165) is 17.5 Å². The summed E-state index contributed by atoms with van der Waals surface area (Å²) >= 11 is 1.38. The molecule has 2 aromatic rings. The van der Waals surface area contributed by atoms with Gasteiger partial charge in [-0.25, -0.2) is 0 Å². The molecule has 1 aliphatic rings. The molecular formula is C17H19ClN2O2S. The predicted molar refractivity (Wildman–Crippen MR) is 94.3 cm³/mol. The highest BCUT2D eigenvalue weighted by Crippen LogP contribution is 2.29. The zero-order valence-corrected chi connectivity index (χ0v) is 14.4. The number of Topliss-reactive ketones (excluding diaryl/α,β-unsaturated/α-hetero) is 1. The quantitative estimate of drug-likeness (QED) is 0.833. The van der Waals surface area contributed by atoms with Crippen molar-refractivity contribution in [2.45, 2.75) is 31.8 Å². The van der Waals surface area contributed by atoms with Crippen LogP contribution in [-0.2, 0) is 17.6 Å². The van der Waals surface area contributed by atoms with Crippen molar-refractivity contribution in [1.29, 1.82) is 0 Å². The molecule has 0 spiro atoms. The van der Waals surface area contributed by atoms with Gasteiger partial charge in [0, 0.05) is 0 Å². The van der Waals surface area contributed by atoms with Gasteiger partial charge in [0.05, 0.1) is 23.4 Å². The van der Waals surface area contributed by atoms with Crippen LogP contribution in [0.5, 0.6) is 0 Å². The Balaban J connectivity index is 0.00000192. The van der Waals surface area contributed by atoms with E-state index >= 15 is 0 Å². The van der Waals surface area contributed by atoms with E-state index in [1.165, 1.54) is 23.8 Å². The molecule has 2 atom stereocenters. The minimum absolute atomic E-state index is 0. The highest BCUT2D eigenvalue weighted by Gasteiger charge is 2.30. The van der Waals surface area contributed by atoms with Gasteiger partial charge in [-0.2, -0.15) is 0 Å². The summed E-state index contributed by atoms with van der Waals surface area (Å²) in [4.78, 5) is 24.2. The molecule has 4 nitrogen and oxygen atoms in total. The molecule has 6 heteroatoms. The number of amides is 1. The van der Waals surface area contributed by atoms with E-state index in [-0.39, 0.29) is 42.6 Å². The summed E-state index contributed by atoms with van der Waals surface area (Å²) in [5.41, 5.74) is 9.41. The van der Waals surface area contributed by atoms with Gasteiger partial charge in [0.1, 0.15) is 0 Å². The number of hydrogen-bond acceptors (Lipinski definition) is 4. The maximum atomic E-state index is 12.2. The van der Waals surface area contributed by atoms with Crippen LogP contribution < -0.4 is 11.1 Å². The van der Waals surface area contributed by atoms with E-state index < -0.39 is 0 Å². The van der Waals surface area contributed by atoms with Crippen LogP contribution in [0.4, 0.5) is 0 Å². The summed E-state index contributed by atoms with van der Waals surface area (Å²) < 4.78 is 0. The zero-order chi connectivity index (χ0) is 15.7. The van der Waals surface area contributed by atoms with Gasteiger partial charge in [0.2, 0.25) is 5.91 Å². The van der Waals surface area contributed by atoms with Crippen molar-refractivity contribution in [1.82, 2.24) is 5.32 Å². The van der Waals surface area contributed by atoms with Gasteiger partial charge in [-0.3, -0.25) is 9.59 Å². The van der Waals surface area contributed by atoms with E-state index in [2.05, 4.69) is 11.4 Å². The second-order valence-corrected chi connectivity index (χ2v) is 6.57. The molecule has 1 aromatic heterocycles. The summed E-state index contributed by atoms with van der Waals surface area (Å²) in [6.07, 6.45) is 1.05. The van der Waals surface area contributed by atoms with Crippen molar-refractivity contribution >= 4 is 35.4 Å². The molecule has 0 radical (unpaired) electrons. The molecule has 0 aliphatic heterocycles. The van der Waals surface area contributed by atoms with Gasteiger partial charge >= 0.3 is 0 Å². The summed E-state index contributed by atoms with van der Waals surface area (Å²) in [6.45, 7) is 1.53. The maximum absolute atomic E-state index is 12.2. The van der Waals surface area contributed by atoms with Crippen LogP contribution in [0.2, 0.25) is 0 Å². The lowest BCUT2D eigenvalue weighted by atomic mass is 10.1. The van der Waals surface area contributed by atoms with Gasteiger partial charge in [-0.15, -0.1) is 23.7 Å². The Morgan fingerprint density at radius 2 is 2.09 bits per heavy atom. The molecule has 1 aliphatic carbocycles. The fourth-order valence-corrected chi connectivity index (χ4v) is 3.68. The van der Waals surface area contributed by atoms with E-state index in [1.54, 1.807) is 6.07 Å². The lowest BCUT2D eigenvalue weighted by Crippen LogP contribution is -2.41. The number of nitrogens with one attached hydrogen (secondary N) is 1. The Kier molecular flexibility index (Phi) is 5.57. The minimum Gasteiger partial charge on any atom is -0.351 e. The second-order valence-electron chi connectivity index (χ2n) is 5.65. The largest absolute Gasteiger partial charge is 0.351 e. The first-order chi connectivity index (χ1) is 10.5. The average Bonchev–Trinajstić information content (AvgIpc) is 3.06. The van der Waals surface area contributed by atoms with Crippen LogP contribution >= 0.6 is 23.7 Å². The summed E-state index contributed by atoms with van der Waals surface area (Å²) in [6, 6.07) is 9.60. The number of thiophene rings is 1. The third kappa shape index (κ3) is 3.80. The molecule has 3 rings (SSSR count). The molecule has 1 amide bonds. The van der Waals surface area contributed by atoms with E-state index in [9.17, 15) is 9.59 Å². The number of rotatable bonds is 4. The normalized spacial score (nSPS) is 18.9. The standard InChI is InChI=1S/C17H18N2O2S.ClH/c1-10(20)15-6-11(9-22-15)7-16(21)19-14-8-12-4-2-3-5-13(12)17(14)18;/h2-6,9,14,17H,7-8,18H2,1H3,(H,19,21);1H/t14-,17-;/m0./s1. The predicted octanol–water partition coefficient (Wildman–Crippen LogP) is 2.66. The van der Waals surface area contributed by atoms with Crippen LogP contribution in [-0.4, -0.2) is 17.7 Å². The number of hydrogen-bond donors (Lipinski definition) is 2. The van der Waals surface area contributed by atoms with Crippen LogP contribution in [0, 0.1) is 0 Å². The van der Waals surface area contributed by atoms with Gasteiger partial charge in [0.25, 0.3) is 0 Å². The van der Waals surface area contributed by atoms with Crippen molar-refractivity contribution in [3.63, 3.8) is 0 Å². The molecule has 3 N–H and O–H groups in total. The third-order valence-corrected chi connectivity index (χ3v) is 5.08. The summed E-state index contributed by atoms with van der Waals surface area (Å²) in [5.74, 6) is -0.0221. The van der Waals surface area contributed by atoms with Crippen molar-refractivity contribution in [3.05, 3.63) is 57.3 Å². The number of benzene rings is 1. The molecule has 0 unspecified atom stereocenters. The maximum Gasteiger partial charge on any atom is 0.224 e. The first-order valence-corrected chi connectivity index (χ1v) is 8.13. The summed E-state index contributed by atoms with van der Waals surface area (Å²) in [7, 11) is 0. The van der Waals surface area contributed by atoms with Crippen LogP contribution in [0.25, 0.3) is 0 Å². The molecule has 0 saturated carbocycles. The fourth-order valence-electron chi connectivity index (χ4n) is 2.86.